The molecule has 1 heterocycles. The van der Waals surface area contributed by atoms with E-state index in [1.807, 2.05) is 0 Å². The number of carbonyl (C=O) groups excluding carboxylic acids is 2. The molecule has 116 valence electrons. The fourth-order valence-corrected chi connectivity index (χ4v) is 2.00. The predicted molar refractivity (Wildman–Crippen MR) is 80.9 cm³/mol. The maximum Gasteiger partial charge on any atom is 0.307 e. The molecular weight excluding hydrogens is 268 g/mol. The molecule has 0 bridgehead atoms. The van der Waals surface area contributed by atoms with Crippen LogP contribution in [0.4, 0.5) is 0 Å². The van der Waals surface area contributed by atoms with Crippen molar-refractivity contribution in [3.05, 3.63) is 30.1 Å². The minimum Gasteiger partial charge on any atom is -0.466 e. The Morgan fingerprint density at radius 2 is 1.86 bits per heavy atom. The highest BCUT2D eigenvalue weighted by Gasteiger charge is 2.16. The first-order valence-corrected chi connectivity index (χ1v) is 7.54. The Labute approximate surface area is 126 Å². The van der Waals surface area contributed by atoms with Crippen molar-refractivity contribution in [3.63, 3.8) is 0 Å². The highest BCUT2D eigenvalue weighted by atomic mass is 16.5. The lowest BCUT2D eigenvalue weighted by atomic mass is 10.2. The molecule has 5 nitrogen and oxygen atoms in total. The monoisotopic (exact) mass is 292 g/mol. The van der Waals surface area contributed by atoms with Crippen LogP contribution in [0.25, 0.3) is 0 Å². The molecule has 1 amide bonds. The summed E-state index contributed by atoms with van der Waals surface area (Å²) in [5.74, 6) is -0.321. The van der Waals surface area contributed by atoms with Gasteiger partial charge in [0, 0.05) is 31.0 Å². The summed E-state index contributed by atoms with van der Waals surface area (Å²) in [5.41, 5.74) is 0.602. The molecule has 1 aromatic rings. The second-order valence-electron chi connectivity index (χ2n) is 4.79. The summed E-state index contributed by atoms with van der Waals surface area (Å²) in [6.07, 6.45) is 6.53. The summed E-state index contributed by atoms with van der Waals surface area (Å²) in [6.45, 7) is 5.32. The summed E-state index contributed by atoms with van der Waals surface area (Å²) in [4.78, 5) is 29.6. The van der Waals surface area contributed by atoms with Crippen LogP contribution in [0.15, 0.2) is 24.5 Å². The van der Waals surface area contributed by atoms with Crippen molar-refractivity contribution in [2.24, 2.45) is 0 Å². The Balaban J connectivity index is 2.62. The molecule has 1 aromatic heterocycles. The lowest BCUT2D eigenvalue weighted by Gasteiger charge is -2.22. The number of rotatable bonds is 9. The fraction of sp³-hybridized carbons (Fsp3) is 0.562. The van der Waals surface area contributed by atoms with E-state index in [2.05, 4.69) is 11.9 Å². The summed E-state index contributed by atoms with van der Waals surface area (Å²) in [5, 5.41) is 0. The molecule has 1 rings (SSSR count). The number of unbranched alkanes of at least 4 members (excludes halogenated alkanes) is 2. The minimum atomic E-state index is -0.263. The lowest BCUT2D eigenvalue weighted by Crippen LogP contribution is -2.34. The van der Waals surface area contributed by atoms with Gasteiger partial charge in [0.1, 0.15) is 0 Å². The van der Waals surface area contributed by atoms with E-state index in [0.717, 1.165) is 19.3 Å². The maximum atomic E-state index is 12.5. The van der Waals surface area contributed by atoms with Crippen LogP contribution in [-0.4, -0.2) is 41.5 Å². The normalized spacial score (nSPS) is 10.2. The minimum absolute atomic E-state index is 0.0576. The number of aromatic nitrogens is 1. The summed E-state index contributed by atoms with van der Waals surface area (Å²) >= 11 is 0. The standard InChI is InChI=1S/C16H24N2O3/c1-3-5-6-12-18(13-9-15(19)21-4-2)16(20)14-7-10-17-11-8-14/h7-8,10-11H,3-6,9,12-13H2,1-2H3. The van der Waals surface area contributed by atoms with E-state index in [1.54, 1.807) is 36.4 Å². The van der Waals surface area contributed by atoms with Gasteiger partial charge in [-0.15, -0.1) is 0 Å². The first-order chi connectivity index (χ1) is 10.2. The molecule has 0 saturated carbocycles. The Morgan fingerprint density at radius 1 is 1.14 bits per heavy atom. The zero-order valence-electron chi connectivity index (χ0n) is 12.9. The third-order valence-electron chi connectivity index (χ3n) is 3.14. The van der Waals surface area contributed by atoms with E-state index >= 15 is 0 Å². The molecule has 21 heavy (non-hydrogen) atoms. The SMILES string of the molecule is CCCCCN(CCC(=O)OCC)C(=O)c1ccncc1. The number of hydrogen-bond acceptors (Lipinski definition) is 4. The highest BCUT2D eigenvalue weighted by Crippen LogP contribution is 2.07. The molecule has 0 aromatic carbocycles. The van der Waals surface area contributed by atoms with E-state index in [9.17, 15) is 9.59 Å². The van der Waals surface area contributed by atoms with E-state index in [-0.39, 0.29) is 18.3 Å². The lowest BCUT2D eigenvalue weighted by molar-refractivity contribution is -0.143. The van der Waals surface area contributed by atoms with Gasteiger partial charge < -0.3 is 9.64 Å². The number of ether oxygens (including phenoxy) is 1. The highest BCUT2D eigenvalue weighted by molar-refractivity contribution is 5.94. The number of pyridine rings is 1. The van der Waals surface area contributed by atoms with Crippen molar-refractivity contribution >= 4 is 11.9 Å². The van der Waals surface area contributed by atoms with Crippen LogP contribution in [0.1, 0.15) is 49.9 Å². The quantitative estimate of drug-likeness (QED) is 0.518. The van der Waals surface area contributed by atoms with Crippen molar-refractivity contribution in [2.45, 2.75) is 39.5 Å². The van der Waals surface area contributed by atoms with Gasteiger partial charge in [0.05, 0.1) is 13.0 Å². The Kier molecular flexibility index (Phi) is 8.09. The van der Waals surface area contributed by atoms with Crippen LogP contribution in [0, 0.1) is 0 Å². The van der Waals surface area contributed by atoms with Crippen LogP contribution in [-0.2, 0) is 9.53 Å². The number of hydrogen-bond donors (Lipinski definition) is 0. The Bertz CT molecular complexity index is 434. The van der Waals surface area contributed by atoms with Gasteiger partial charge in [-0.25, -0.2) is 0 Å². The van der Waals surface area contributed by atoms with Gasteiger partial charge in [-0.3, -0.25) is 14.6 Å². The molecule has 5 heteroatoms. The molecular formula is C16H24N2O3. The second kappa shape index (κ2) is 9.91. The van der Waals surface area contributed by atoms with Gasteiger partial charge in [0.2, 0.25) is 0 Å². The molecule has 0 atom stereocenters. The Morgan fingerprint density at radius 3 is 2.48 bits per heavy atom. The van der Waals surface area contributed by atoms with Gasteiger partial charge >= 0.3 is 5.97 Å². The summed E-state index contributed by atoms with van der Waals surface area (Å²) in [7, 11) is 0. The van der Waals surface area contributed by atoms with E-state index < -0.39 is 0 Å². The zero-order chi connectivity index (χ0) is 15.5. The van der Waals surface area contributed by atoms with Crippen LogP contribution >= 0.6 is 0 Å². The van der Waals surface area contributed by atoms with Crippen molar-refractivity contribution in [1.29, 1.82) is 0 Å². The molecule has 0 saturated heterocycles. The molecule has 0 aliphatic heterocycles. The van der Waals surface area contributed by atoms with Crippen molar-refractivity contribution in [3.8, 4) is 0 Å². The molecule has 0 aliphatic carbocycles. The first kappa shape index (κ1) is 17.1. The zero-order valence-corrected chi connectivity index (χ0v) is 12.9. The second-order valence-corrected chi connectivity index (χ2v) is 4.79. The van der Waals surface area contributed by atoms with Gasteiger partial charge in [0.25, 0.3) is 5.91 Å². The molecule has 0 spiro atoms. The van der Waals surface area contributed by atoms with Crippen molar-refractivity contribution in [1.82, 2.24) is 9.88 Å². The first-order valence-electron chi connectivity index (χ1n) is 7.54. The molecule has 0 fully saturated rings. The van der Waals surface area contributed by atoms with Crippen LogP contribution in [0.5, 0.6) is 0 Å². The van der Waals surface area contributed by atoms with Crippen LogP contribution in [0.3, 0.4) is 0 Å². The van der Waals surface area contributed by atoms with Gasteiger partial charge in [0.15, 0.2) is 0 Å². The number of esters is 1. The van der Waals surface area contributed by atoms with Gasteiger partial charge in [-0.1, -0.05) is 19.8 Å². The van der Waals surface area contributed by atoms with Gasteiger partial charge in [-0.05, 0) is 25.5 Å². The molecule has 0 radical (unpaired) electrons. The third kappa shape index (κ3) is 6.38. The number of amides is 1. The third-order valence-corrected chi connectivity index (χ3v) is 3.14. The number of nitrogens with zero attached hydrogens (tertiary/aromatic N) is 2. The predicted octanol–water partition coefficient (Wildman–Crippen LogP) is 2.67. The Hall–Kier alpha value is -1.91. The molecule has 0 aliphatic rings. The fourth-order valence-electron chi connectivity index (χ4n) is 2.00. The average Bonchev–Trinajstić information content (AvgIpc) is 2.51. The molecule has 0 N–H and O–H groups in total. The van der Waals surface area contributed by atoms with E-state index in [4.69, 9.17) is 4.74 Å². The summed E-state index contributed by atoms with van der Waals surface area (Å²) < 4.78 is 4.92. The van der Waals surface area contributed by atoms with Gasteiger partial charge in [-0.2, -0.15) is 0 Å². The summed E-state index contributed by atoms with van der Waals surface area (Å²) in [6, 6.07) is 3.39. The van der Waals surface area contributed by atoms with Crippen molar-refractivity contribution in [2.75, 3.05) is 19.7 Å². The van der Waals surface area contributed by atoms with E-state index in [0.29, 0.717) is 25.3 Å². The maximum absolute atomic E-state index is 12.5. The largest absolute Gasteiger partial charge is 0.466 e. The van der Waals surface area contributed by atoms with Crippen molar-refractivity contribution < 1.29 is 14.3 Å². The smallest absolute Gasteiger partial charge is 0.307 e. The number of carbonyl (C=O) groups is 2. The van der Waals surface area contributed by atoms with E-state index in [1.165, 1.54) is 0 Å². The van der Waals surface area contributed by atoms with Crippen LogP contribution < -0.4 is 0 Å². The average molecular weight is 292 g/mol. The topological polar surface area (TPSA) is 59.5 Å². The molecule has 0 unspecified atom stereocenters. The van der Waals surface area contributed by atoms with Crippen LogP contribution in [0.2, 0.25) is 0 Å².